The molecule has 3 aromatic carbocycles. The topological polar surface area (TPSA) is 90.6 Å². The molecule has 2 heterocycles. The highest BCUT2D eigenvalue weighted by molar-refractivity contribution is 7.98. The predicted octanol–water partition coefficient (Wildman–Crippen LogP) is 6.03. The van der Waals surface area contributed by atoms with E-state index in [1.54, 1.807) is 11.8 Å². The monoisotopic (exact) mass is 587 g/mol. The molecule has 5 rings (SSSR count). The van der Waals surface area contributed by atoms with E-state index in [1.807, 2.05) is 61.6 Å². The van der Waals surface area contributed by atoms with Crippen LogP contribution in [0.1, 0.15) is 29.8 Å². The number of urea groups is 1. The third-order valence-electron chi connectivity index (χ3n) is 7.48. The fourth-order valence-electron chi connectivity index (χ4n) is 5.11. The number of aromatic nitrogens is 2. The average Bonchev–Trinajstić information content (AvgIpc) is 3.46. The number of nitrogens with two attached hydrogens (primary N) is 1. The van der Waals surface area contributed by atoms with Crippen LogP contribution in [0.4, 0.5) is 27.0 Å². The van der Waals surface area contributed by atoms with Gasteiger partial charge in [0.25, 0.3) is 0 Å². The fourth-order valence-corrected chi connectivity index (χ4v) is 6.51. The minimum absolute atomic E-state index is 0.00434. The second kappa shape index (κ2) is 12.8. The molecule has 8 nitrogen and oxygen atoms in total. The van der Waals surface area contributed by atoms with Crippen molar-refractivity contribution in [1.82, 2.24) is 14.3 Å². The van der Waals surface area contributed by atoms with Crippen molar-refractivity contribution in [2.45, 2.75) is 30.2 Å². The molecule has 3 N–H and O–H groups in total. The molecule has 1 aromatic heterocycles. The number of carbonyl (C=O) groups excluding carboxylic acids is 1. The number of thioether (sulfide) groups is 1. The summed E-state index contributed by atoms with van der Waals surface area (Å²) >= 11 is 3.06. The van der Waals surface area contributed by atoms with Crippen LogP contribution in [0.15, 0.2) is 77.7 Å². The summed E-state index contributed by atoms with van der Waals surface area (Å²) in [7, 11) is 4.09. The Balaban J connectivity index is 1.30. The molecule has 0 aliphatic carbocycles. The van der Waals surface area contributed by atoms with E-state index in [0.717, 1.165) is 39.2 Å². The molecule has 1 fully saturated rings. The molecule has 2 amide bonds. The molecule has 214 valence electrons. The highest BCUT2D eigenvalue weighted by Gasteiger charge is 2.30. The summed E-state index contributed by atoms with van der Waals surface area (Å²) in [6, 6.07) is 24.6. The minimum Gasteiger partial charge on any atom is -0.399 e. The number of nitrogens with one attached hydrogen (secondary N) is 1. The number of hydrogen-bond acceptors (Lipinski definition) is 8. The van der Waals surface area contributed by atoms with Crippen molar-refractivity contribution in [3.8, 4) is 0 Å². The first-order valence-electron chi connectivity index (χ1n) is 13.7. The number of anilines is 4. The molecule has 1 aliphatic rings. The van der Waals surface area contributed by atoms with Gasteiger partial charge in [0, 0.05) is 73.5 Å². The van der Waals surface area contributed by atoms with E-state index in [-0.39, 0.29) is 18.0 Å². The Hall–Kier alpha value is -3.76. The number of nitrogens with zero attached hydrogens (tertiary/aromatic N) is 5. The van der Waals surface area contributed by atoms with Crippen LogP contribution in [-0.2, 0) is 6.42 Å². The van der Waals surface area contributed by atoms with Gasteiger partial charge in [-0.1, -0.05) is 36.4 Å². The molecule has 1 saturated heterocycles. The van der Waals surface area contributed by atoms with Crippen molar-refractivity contribution >= 4 is 51.5 Å². The van der Waals surface area contributed by atoms with Crippen LogP contribution >= 0.6 is 23.3 Å². The summed E-state index contributed by atoms with van der Waals surface area (Å²) in [5.41, 5.74) is 11.1. The summed E-state index contributed by atoms with van der Waals surface area (Å²) < 4.78 is 4.85. The van der Waals surface area contributed by atoms with Crippen molar-refractivity contribution < 1.29 is 4.79 Å². The van der Waals surface area contributed by atoms with Crippen molar-refractivity contribution in [3.63, 3.8) is 0 Å². The lowest BCUT2D eigenvalue weighted by Crippen LogP contribution is -2.54. The maximum absolute atomic E-state index is 13.1. The van der Waals surface area contributed by atoms with Gasteiger partial charge >= 0.3 is 6.03 Å². The third kappa shape index (κ3) is 6.77. The minimum atomic E-state index is -0.0698. The Morgan fingerprint density at radius 3 is 2.51 bits per heavy atom. The Morgan fingerprint density at radius 1 is 1.10 bits per heavy atom. The molecule has 0 bridgehead atoms. The molecule has 0 saturated carbocycles. The molecule has 4 aromatic rings. The highest BCUT2D eigenvalue weighted by Crippen LogP contribution is 2.32. The zero-order chi connectivity index (χ0) is 28.9. The summed E-state index contributed by atoms with van der Waals surface area (Å²) in [6.07, 6.45) is 2.80. The molecular weight excluding hydrogens is 551 g/mol. The third-order valence-corrected chi connectivity index (χ3v) is 9.05. The standard InChI is InChI=1S/C31H37N7OS2/c1-21-20-37(30(39)33-27-7-5-6-8-28(27)40-4)17-18-38(21)31-34-29(35-41-31)26(23-11-13-24(32)14-12-23)19-22-9-15-25(16-10-22)36(2)3/h5-16,21,26H,17-20,32H2,1-4H3,(H,33,39). The first kappa shape index (κ1) is 28.8. The summed E-state index contributed by atoms with van der Waals surface area (Å²) in [5, 5.41) is 3.98. The zero-order valence-electron chi connectivity index (χ0n) is 23.9. The summed E-state index contributed by atoms with van der Waals surface area (Å²) in [4.78, 5) is 25.4. The number of benzene rings is 3. The quantitative estimate of drug-likeness (QED) is 0.192. The predicted molar refractivity (Wildman–Crippen MR) is 173 cm³/mol. The largest absolute Gasteiger partial charge is 0.399 e. The van der Waals surface area contributed by atoms with Gasteiger partial charge in [0.2, 0.25) is 5.13 Å². The van der Waals surface area contributed by atoms with Crippen molar-refractivity contribution in [2.24, 2.45) is 0 Å². The van der Waals surface area contributed by atoms with E-state index in [4.69, 9.17) is 15.1 Å². The molecule has 0 spiro atoms. The van der Waals surface area contributed by atoms with Gasteiger partial charge < -0.3 is 25.8 Å². The van der Waals surface area contributed by atoms with Gasteiger partial charge in [-0.3, -0.25) is 0 Å². The lowest BCUT2D eigenvalue weighted by molar-refractivity contribution is 0.200. The van der Waals surface area contributed by atoms with E-state index < -0.39 is 0 Å². The number of hydrogen-bond donors (Lipinski definition) is 2. The molecular formula is C31H37N7OS2. The first-order valence-corrected chi connectivity index (χ1v) is 15.7. The molecule has 2 unspecified atom stereocenters. The first-order chi connectivity index (χ1) is 19.8. The van der Waals surface area contributed by atoms with Crippen LogP contribution in [0, 0.1) is 0 Å². The van der Waals surface area contributed by atoms with Crippen molar-refractivity contribution in [1.29, 1.82) is 0 Å². The Kier molecular flexibility index (Phi) is 8.99. The van der Waals surface area contributed by atoms with Gasteiger partial charge in [-0.25, -0.2) is 9.78 Å². The van der Waals surface area contributed by atoms with Gasteiger partial charge in [0.05, 0.1) is 5.69 Å². The van der Waals surface area contributed by atoms with Crippen molar-refractivity contribution in [2.75, 3.05) is 60.8 Å². The smallest absolute Gasteiger partial charge is 0.322 e. The van der Waals surface area contributed by atoms with Gasteiger partial charge in [0.1, 0.15) is 0 Å². The van der Waals surface area contributed by atoms with E-state index in [9.17, 15) is 4.79 Å². The second-order valence-electron chi connectivity index (χ2n) is 10.5. The lowest BCUT2D eigenvalue weighted by atomic mass is 9.91. The van der Waals surface area contributed by atoms with Crippen LogP contribution in [0.2, 0.25) is 0 Å². The Labute approximate surface area is 250 Å². The fraction of sp³-hybridized carbons (Fsp3) is 0.323. The van der Waals surface area contributed by atoms with Crippen LogP contribution in [0.25, 0.3) is 0 Å². The van der Waals surface area contributed by atoms with Crippen LogP contribution in [0.5, 0.6) is 0 Å². The zero-order valence-corrected chi connectivity index (χ0v) is 25.6. The number of piperazine rings is 1. The molecule has 0 radical (unpaired) electrons. The van der Waals surface area contributed by atoms with Crippen molar-refractivity contribution in [3.05, 3.63) is 89.7 Å². The lowest BCUT2D eigenvalue weighted by Gasteiger charge is -2.39. The molecule has 1 aliphatic heterocycles. The summed E-state index contributed by atoms with van der Waals surface area (Å²) in [5.74, 6) is 0.817. The van der Waals surface area contributed by atoms with E-state index in [2.05, 4.69) is 58.4 Å². The van der Waals surface area contributed by atoms with Gasteiger partial charge in [-0.2, -0.15) is 4.37 Å². The van der Waals surface area contributed by atoms with Gasteiger partial charge in [0.15, 0.2) is 5.82 Å². The SMILES string of the molecule is CSc1ccccc1NC(=O)N1CCN(c2nc(C(Cc3ccc(N(C)C)cc3)c3ccc(N)cc3)ns2)C(C)C1. The van der Waals surface area contributed by atoms with Crippen LogP contribution in [-0.4, -0.2) is 66.3 Å². The van der Waals surface area contributed by atoms with Crippen LogP contribution in [0.3, 0.4) is 0 Å². The number of rotatable bonds is 8. The highest BCUT2D eigenvalue weighted by atomic mass is 32.2. The Morgan fingerprint density at radius 2 is 1.83 bits per heavy atom. The maximum atomic E-state index is 13.1. The second-order valence-corrected chi connectivity index (χ2v) is 12.1. The molecule has 10 heteroatoms. The molecule has 2 atom stereocenters. The number of para-hydroxylation sites is 1. The number of carbonyl (C=O) groups is 1. The van der Waals surface area contributed by atoms with E-state index in [0.29, 0.717) is 19.6 Å². The molecule has 41 heavy (non-hydrogen) atoms. The average molecular weight is 588 g/mol. The summed E-state index contributed by atoms with van der Waals surface area (Å²) in [6.45, 7) is 4.07. The normalized spacial score (nSPS) is 16.0. The van der Waals surface area contributed by atoms with E-state index in [1.165, 1.54) is 22.8 Å². The maximum Gasteiger partial charge on any atom is 0.322 e. The Bertz CT molecular complexity index is 1460. The van der Waals surface area contributed by atoms with Gasteiger partial charge in [-0.05, 0) is 67.1 Å². The number of amides is 2. The van der Waals surface area contributed by atoms with Crippen LogP contribution < -0.4 is 20.9 Å². The van der Waals surface area contributed by atoms with E-state index >= 15 is 0 Å². The number of nitrogen functional groups attached to an aromatic ring is 1. The van der Waals surface area contributed by atoms with Gasteiger partial charge in [-0.15, -0.1) is 11.8 Å².